The van der Waals surface area contributed by atoms with Crippen molar-refractivity contribution in [2.24, 2.45) is 0 Å². The lowest BCUT2D eigenvalue weighted by Crippen LogP contribution is -2.25. The average Bonchev–Trinajstić information content (AvgIpc) is 2.84. The third-order valence-corrected chi connectivity index (χ3v) is 8.87. The van der Waals surface area contributed by atoms with Gasteiger partial charge >= 0.3 is 0 Å². The van der Waals surface area contributed by atoms with Crippen molar-refractivity contribution in [2.75, 3.05) is 0 Å². The van der Waals surface area contributed by atoms with E-state index in [2.05, 4.69) is 9.69 Å². The molecule has 0 N–H and O–H groups in total. The lowest BCUT2D eigenvalue weighted by molar-refractivity contribution is 0.354. The van der Waals surface area contributed by atoms with Crippen molar-refractivity contribution in [1.29, 1.82) is 0 Å². The van der Waals surface area contributed by atoms with E-state index < -0.39 is 7.80 Å². The van der Waals surface area contributed by atoms with E-state index in [1.165, 1.54) is 12.8 Å². The third kappa shape index (κ3) is 3.85. The summed E-state index contributed by atoms with van der Waals surface area (Å²) in [6, 6.07) is 15.9. The quantitative estimate of drug-likeness (QED) is 0.421. The molecule has 2 fully saturated rings. The molecule has 0 radical (unpaired) electrons. The zero-order valence-corrected chi connectivity index (χ0v) is 18.5. The first-order valence-electron chi connectivity index (χ1n) is 11.2. The van der Waals surface area contributed by atoms with Crippen molar-refractivity contribution in [3.63, 3.8) is 0 Å². The Bertz CT molecular complexity index is 902. The standard InChI is InChI=1S/C26H29N2OP/c1-27-25(17-5-3-6-18-25)21-9-13-23(14-10-21)30(29)24-15-11-22(12-16-24)26(28-2)19-7-4-8-20-26/h9-16,30H,3-8,17-20H2. The number of hydrogen-bond donors (Lipinski definition) is 0. The second-order valence-corrected chi connectivity index (χ2v) is 10.7. The van der Waals surface area contributed by atoms with Gasteiger partial charge in [0.1, 0.15) is 7.80 Å². The van der Waals surface area contributed by atoms with Gasteiger partial charge in [0.2, 0.25) is 0 Å². The third-order valence-electron chi connectivity index (χ3n) is 7.16. The SMILES string of the molecule is [C-]#[N+]C1(c2ccc([PH](=O)c3ccc(C4([N+]#[C-])CCCCC4)cc3)cc2)CCCCC1. The molecule has 0 unspecified atom stereocenters. The van der Waals surface area contributed by atoms with Gasteiger partial charge in [0.25, 0.3) is 11.1 Å². The summed E-state index contributed by atoms with van der Waals surface area (Å²) in [5.74, 6) is 0. The molecule has 0 atom stereocenters. The van der Waals surface area contributed by atoms with Crippen LogP contribution in [0.25, 0.3) is 9.69 Å². The van der Waals surface area contributed by atoms with Crippen molar-refractivity contribution in [1.82, 2.24) is 0 Å². The van der Waals surface area contributed by atoms with Gasteiger partial charge in [-0.25, -0.2) is 13.1 Å². The molecule has 30 heavy (non-hydrogen) atoms. The van der Waals surface area contributed by atoms with Gasteiger partial charge in [-0.3, -0.25) is 0 Å². The lowest BCUT2D eigenvalue weighted by Gasteiger charge is -2.26. The van der Waals surface area contributed by atoms with Gasteiger partial charge in [-0.1, -0.05) is 61.4 Å². The fourth-order valence-corrected chi connectivity index (χ4v) is 6.51. The molecular weight excluding hydrogens is 387 g/mol. The van der Waals surface area contributed by atoms with E-state index in [-0.39, 0.29) is 11.1 Å². The molecule has 2 aromatic rings. The summed E-state index contributed by atoms with van der Waals surface area (Å²) < 4.78 is 13.2. The molecule has 154 valence electrons. The molecule has 3 nitrogen and oxygen atoms in total. The first-order valence-corrected chi connectivity index (χ1v) is 12.6. The van der Waals surface area contributed by atoms with E-state index in [0.717, 1.165) is 73.1 Å². The Morgan fingerprint density at radius 2 is 0.933 bits per heavy atom. The van der Waals surface area contributed by atoms with Gasteiger partial charge in [-0.15, -0.1) is 0 Å². The maximum Gasteiger partial charge on any atom is 0.257 e. The summed E-state index contributed by atoms with van der Waals surface area (Å²) in [7, 11) is -2.09. The Morgan fingerprint density at radius 1 is 0.600 bits per heavy atom. The Labute approximate surface area is 180 Å². The topological polar surface area (TPSA) is 25.8 Å². The zero-order chi connectivity index (χ0) is 21.0. The molecule has 2 saturated carbocycles. The first kappa shape index (κ1) is 20.9. The predicted molar refractivity (Wildman–Crippen MR) is 124 cm³/mol. The number of nitrogens with zero attached hydrogens (tertiary/aromatic N) is 2. The van der Waals surface area contributed by atoms with Crippen LogP contribution in [0.2, 0.25) is 0 Å². The van der Waals surface area contributed by atoms with E-state index in [1.807, 2.05) is 48.5 Å². The molecule has 2 aliphatic rings. The second-order valence-electron chi connectivity index (χ2n) is 8.89. The van der Waals surface area contributed by atoms with Crippen LogP contribution in [-0.4, -0.2) is 0 Å². The van der Waals surface area contributed by atoms with Crippen LogP contribution in [-0.2, 0) is 15.6 Å². The highest BCUT2D eigenvalue weighted by atomic mass is 31.1. The minimum atomic E-state index is -2.09. The smallest absolute Gasteiger partial charge is 0.257 e. The van der Waals surface area contributed by atoms with E-state index in [0.29, 0.717) is 0 Å². The Balaban J connectivity index is 1.53. The van der Waals surface area contributed by atoms with Gasteiger partial charge in [0.15, 0.2) is 0 Å². The van der Waals surface area contributed by atoms with E-state index >= 15 is 0 Å². The molecule has 0 bridgehead atoms. The summed E-state index contributed by atoms with van der Waals surface area (Å²) in [4.78, 5) is 8.01. The van der Waals surface area contributed by atoms with Crippen LogP contribution in [0.5, 0.6) is 0 Å². The molecule has 0 aromatic heterocycles. The lowest BCUT2D eigenvalue weighted by atomic mass is 9.77. The van der Waals surface area contributed by atoms with Crippen molar-refractivity contribution in [3.8, 4) is 0 Å². The molecule has 4 heteroatoms. The van der Waals surface area contributed by atoms with Crippen molar-refractivity contribution >= 4 is 18.4 Å². The maximum atomic E-state index is 13.2. The minimum Gasteiger partial charge on any atom is -0.317 e. The van der Waals surface area contributed by atoms with Crippen LogP contribution in [0.4, 0.5) is 0 Å². The molecule has 0 heterocycles. The molecule has 2 aromatic carbocycles. The average molecular weight is 417 g/mol. The van der Waals surface area contributed by atoms with Gasteiger partial charge in [-0.05, 0) is 25.7 Å². The second kappa shape index (κ2) is 8.79. The van der Waals surface area contributed by atoms with Gasteiger partial charge in [0, 0.05) is 47.4 Å². The maximum absolute atomic E-state index is 13.2. The Hall–Kier alpha value is -2.35. The van der Waals surface area contributed by atoms with Crippen LogP contribution in [0.3, 0.4) is 0 Å². The van der Waals surface area contributed by atoms with Crippen LogP contribution >= 0.6 is 7.80 Å². The highest BCUT2D eigenvalue weighted by Gasteiger charge is 2.41. The summed E-state index contributed by atoms with van der Waals surface area (Å²) in [6.07, 6.45) is 10.6. The van der Waals surface area contributed by atoms with Crippen molar-refractivity contribution in [3.05, 3.63) is 82.5 Å². The normalized spacial score (nSPS) is 20.2. The summed E-state index contributed by atoms with van der Waals surface area (Å²) in [6.45, 7) is 15.5. The van der Waals surface area contributed by atoms with Crippen LogP contribution in [0, 0.1) is 13.1 Å². The monoisotopic (exact) mass is 416 g/mol. The molecule has 4 rings (SSSR count). The number of hydrogen-bond acceptors (Lipinski definition) is 1. The zero-order valence-electron chi connectivity index (χ0n) is 17.5. The molecule has 0 saturated heterocycles. The van der Waals surface area contributed by atoms with Crippen LogP contribution in [0.1, 0.15) is 75.3 Å². The summed E-state index contributed by atoms with van der Waals surface area (Å²) >= 11 is 0. The fourth-order valence-electron chi connectivity index (χ4n) is 5.23. The highest BCUT2D eigenvalue weighted by molar-refractivity contribution is 7.61. The largest absolute Gasteiger partial charge is 0.317 e. The van der Waals surface area contributed by atoms with Gasteiger partial charge in [-0.2, -0.15) is 0 Å². The van der Waals surface area contributed by atoms with Crippen molar-refractivity contribution in [2.45, 2.75) is 75.3 Å². The molecule has 2 aliphatic carbocycles. The summed E-state index contributed by atoms with van der Waals surface area (Å²) in [5.41, 5.74) is 1.37. The van der Waals surface area contributed by atoms with E-state index in [1.54, 1.807) is 0 Å². The Morgan fingerprint density at radius 3 is 1.23 bits per heavy atom. The van der Waals surface area contributed by atoms with E-state index in [4.69, 9.17) is 13.1 Å². The van der Waals surface area contributed by atoms with Gasteiger partial charge in [0.05, 0.1) is 0 Å². The highest BCUT2D eigenvalue weighted by Crippen LogP contribution is 2.42. The number of rotatable bonds is 4. The molecule has 0 amide bonds. The number of benzene rings is 2. The van der Waals surface area contributed by atoms with Crippen LogP contribution in [0.15, 0.2) is 48.5 Å². The Kier molecular flexibility index (Phi) is 6.13. The molecule has 0 aliphatic heterocycles. The molecular formula is C26H29N2OP. The minimum absolute atomic E-state index is 0.387. The first-order chi connectivity index (χ1) is 14.6. The summed E-state index contributed by atoms with van der Waals surface area (Å²) in [5, 5.41) is 1.68. The van der Waals surface area contributed by atoms with Crippen LogP contribution < -0.4 is 10.6 Å². The predicted octanol–water partition coefficient (Wildman–Crippen LogP) is 6.35. The van der Waals surface area contributed by atoms with Gasteiger partial charge < -0.3 is 14.3 Å². The molecule has 0 spiro atoms. The fraction of sp³-hybridized carbons (Fsp3) is 0.462. The van der Waals surface area contributed by atoms with E-state index in [9.17, 15) is 4.57 Å². The van der Waals surface area contributed by atoms with Crippen molar-refractivity contribution < 1.29 is 4.57 Å².